The minimum Gasteiger partial charge on any atom is -0.393 e. The van der Waals surface area contributed by atoms with E-state index < -0.39 is 6.10 Å². The number of carbonyl (C=O) groups excluding carboxylic acids is 1. The van der Waals surface area contributed by atoms with E-state index in [1.54, 1.807) is 0 Å². The Balaban J connectivity index is 2.48. The summed E-state index contributed by atoms with van der Waals surface area (Å²) in [6, 6.07) is 2.02. The van der Waals surface area contributed by atoms with Gasteiger partial charge in [0.15, 0.2) is 0 Å². The van der Waals surface area contributed by atoms with Crippen molar-refractivity contribution in [3.05, 3.63) is 12.2 Å². The van der Waals surface area contributed by atoms with Gasteiger partial charge in [-0.1, -0.05) is 38.7 Å². The second-order valence-electron chi connectivity index (χ2n) is 7.56. The van der Waals surface area contributed by atoms with Gasteiger partial charge in [-0.3, -0.25) is 4.79 Å². The molecule has 5 nitrogen and oxygen atoms in total. The molecule has 0 saturated heterocycles. The molecule has 0 radical (unpaired) electrons. The number of amides is 1. The molecule has 5 heteroatoms. The Hall–Kier alpha value is -1.38. The summed E-state index contributed by atoms with van der Waals surface area (Å²) < 4.78 is 0. The van der Waals surface area contributed by atoms with E-state index in [1.807, 2.05) is 12.1 Å². The zero-order valence-corrected chi connectivity index (χ0v) is 16.1. The third kappa shape index (κ3) is 8.33. The van der Waals surface area contributed by atoms with Crippen LogP contribution in [0, 0.1) is 23.2 Å². The minimum absolute atomic E-state index is 0.0272. The van der Waals surface area contributed by atoms with E-state index in [9.17, 15) is 15.0 Å². The first kappa shape index (κ1) is 22.7. The first-order valence-corrected chi connectivity index (χ1v) is 10.2. The molecule has 1 fully saturated rings. The summed E-state index contributed by atoms with van der Waals surface area (Å²) in [6.07, 6.45) is 13.6. The van der Waals surface area contributed by atoms with E-state index in [4.69, 9.17) is 5.26 Å². The van der Waals surface area contributed by atoms with Crippen LogP contribution in [0.4, 0.5) is 0 Å². The first-order chi connectivity index (χ1) is 12.6. The van der Waals surface area contributed by atoms with Gasteiger partial charge in [-0.05, 0) is 56.8 Å². The Kier molecular flexibility index (Phi) is 12.0. The van der Waals surface area contributed by atoms with Crippen molar-refractivity contribution >= 4 is 6.41 Å². The number of allylic oxidation sites excluding steroid dienone is 2. The number of unbranched alkanes of at least 4 members (excludes halogenated alkanes) is 4. The largest absolute Gasteiger partial charge is 0.393 e. The van der Waals surface area contributed by atoms with Crippen molar-refractivity contribution in [3.8, 4) is 6.07 Å². The molecule has 0 spiro atoms. The highest BCUT2D eigenvalue weighted by atomic mass is 16.3. The number of rotatable bonds is 14. The molecule has 0 aromatic heterocycles. The topological polar surface area (TPSA) is 93.3 Å². The van der Waals surface area contributed by atoms with E-state index in [2.05, 4.69) is 12.2 Å². The second kappa shape index (κ2) is 13.8. The van der Waals surface area contributed by atoms with Gasteiger partial charge in [0, 0.05) is 12.1 Å². The summed E-state index contributed by atoms with van der Waals surface area (Å²) >= 11 is 0. The van der Waals surface area contributed by atoms with Gasteiger partial charge >= 0.3 is 0 Å². The van der Waals surface area contributed by atoms with Crippen LogP contribution in [-0.4, -0.2) is 34.9 Å². The minimum atomic E-state index is -0.404. The molecule has 1 aliphatic rings. The smallest absolute Gasteiger partial charge is 0.207 e. The van der Waals surface area contributed by atoms with Crippen molar-refractivity contribution in [2.75, 3.05) is 0 Å². The van der Waals surface area contributed by atoms with Crippen molar-refractivity contribution in [2.45, 2.75) is 95.8 Å². The lowest BCUT2D eigenvalue weighted by atomic mass is 9.84. The molecule has 1 unspecified atom stereocenters. The fourth-order valence-electron chi connectivity index (χ4n) is 4.23. The standard InChI is InChI=1S/C21H36N2O3/c1-2-3-7-10-17(25)12-13-19-18(11-8-5-4-6-9-14-22)20(23-16-24)15-21(19)26/h6,9,16-21,25-26H,2-5,7-8,10-13,15H2,1H3,(H,23,24)/t17-,18+,19+,20?,21+/m0/s1. The third-order valence-corrected chi connectivity index (χ3v) is 5.66. The van der Waals surface area contributed by atoms with Gasteiger partial charge in [0.2, 0.25) is 6.41 Å². The van der Waals surface area contributed by atoms with Crippen molar-refractivity contribution in [1.29, 1.82) is 5.26 Å². The maximum absolute atomic E-state index is 10.9. The zero-order valence-electron chi connectivity index (χ0n) is 16.1. The molecular formula is C21H36N2O3. The molecule has 0 heterocycles. The van der Waals surface area contributed by atoms with Crippen LogP contribution in [0.5, 0.6) is 0 Å². The Morgan fingerprint density at radius 1 is 1.19 bits per heavy atom. The molecule has 3 N–H and O–H groups in total. The lowest BCUT2D eigenvalue weighted by molar-refractivity contribution is -0.110. The van der Waals surface area contributed by atoms with E-state index in [0.717, 1.165) is 70.6 Å². The number of nitrogens with zero attached hydrogens (tertiary/aromatic N) is 1. The first-order valence-electron chi connectivity index (χ1n) is 10.2. The van der Waals surface area contributed by atoms with Crippen molar-refractivity contribution < 1.29 is 15.0 Å². The zero-order chi connectivity index (χ0) is 19.2. The molecule has 5 atom stereocenters. The van der Waals surface area contributed by atoms with Gasteiger partial charge < -0.3 is 15.5 Å². The lowest BCUT2D eigenvalue weighted by Crippen LogP contribution is -2.33. The molecule has 0 aliphatic heterocycles. The Morgan fingerprint density at radius 3 is 2.69 bits per heavy atom. The average molecular weight is 365 g/mol. The molecule has 1 aliphatic carbocycles. The van der Waals surface area contributed by atoms with Gasteiger partial charge in [0.1, 0.15) is 0 Å². The number of nitrogens with one attached hydrogen (secondary N) is 1. The van der Waals surface area contributed by atoms with Gasteiger partial charge in [0.25, 0.3) is 0 Å². The molecule has 1 amide bonds. The van der Waals surface area contributed by atoms with Crippen molar-refractivity contribution in [2.24, 2.45) is 11.8 Å². The van der Waals surface area contributed by atoms with E-state index in [-0.39, 0.29) is 24.0 Å². The number of hydrogen-bond acceptors (Lipinski definition) is 4. The molecule has 1 saturated carbocycles. The number of aliphatic hydroxyl groups is 2. The Bertz CT molecular complexity index is 447. The highest BCUT2D eigenvalue weighted by molar-refractivity contribution is 5.47. The van der Waals surface area contributed by atoms with Crippen LogP contribution < -0.4 is 5.32 Å². The van der Waals surface area contributed by atoms with Gasteiger partial charge in [-0.2, -0.15) is 5.26 Å². The third-order valence-electron chi connectivity index (χ3n) is 5.66. The summed E-state index contributed by atoms with van der Waals surface area (Å²) in [5.74, 6) is 0.404. The Morgan fingerprint density at radius 2 is 2.00 bits per heavy atom. The van der Waals surface area contributed by atoms with Gasteiger partial charge in [-0.25, -0.2) is 0 Å². The maximum atomic E-state index is 10.9. The molecule has 148 valence electrons. The fraction of sp³-hybridized carbons (Fsp3) is 0.810. The predicted molar refractivity (Wildman–Crippen MR) is 103 cm³/mol. The van der Waals surface area contributed by atoms with Gasteiger partial charge in [0.05, 0.1) is 18.3 Å². The van der Waals surface area contributed by atoms with Crippen LogP contribution in [0.25, 0.3) is 0 Å². The number of aliphatic hydroxyl groups excluding tert-OH is 2. The highest BCUT2D eigenvalue weighted by Crippen LogP contribution is 2.39. The van der Waals surface area contributed by atoms with E-state index in [1.165, 1.54) is 6.08 Å². The highest BCUT2D eigenvalue weighted by Gasteiger charge is 2.41. The second-order valence-corrected chi connectivity index (χ2v) is 7.56. The van der Waals surface area contributed by atoms with Crippen LogP contribution in [0.2, 0.25) is 0 Å². The van der Waals surface area contributed by atoms with Crippen molar-refractivity contribution in [3.63, 3.8) is 0 Å². The lowest BCUT2D eigenvalue weighted by Gasteiger charge is -2.26. The summed E-state index contributed by atoms with van der Waals surface area (Å²) in [4.78, 5) is 10.9. The molecule has 26 heavy (non-hydrogen) atoms. The van der Waals surface area contributed by atoms with Crippen LogP contribution in [0.15, 0.2) is 12.2 Å². The van der Waals surface area contributed by atoms with Crippen LogP contribution in [0.3, 0.4) is 0 Å². The predicted octanol–water partition coefficient (Wildman–Crippen LogP) is 3.46. The van der Waals surface area contributed by atoms with Crippen LogP contribution in [0.1, 0.15) is 77.6 Å². The molecule has 1 rings (SSSR count). The average Bonchev–Trinajstić information content (AvgIpc) is 2.91. The number of nitriles is 1. The molecular weight excluding hydrogens is 328 g/mol. The summed E-state index contributed by atoms with van der Waals surface area (Å²) in [5.41, 5.74) is 0. The van der Waals surface area contributed by atoms with Crippen LogP contribution >= 0.6 is 0 Å². The van der Waals surface area contributed by atoms with E-state index >= 15 is 0 Å². The monoisotopic (exact) mass is 364 g/mol. The molecule has 0 aromatic carbocycles. The quantitative estimate of drug-likeness (QED) is 0.250. The SMILES string of the molecule is CCCCC[C@H](O)CC[C@H]1[C@H](O)CC(NC=O)[C@@H]1CCCCC=CC#N. The van der Waals surface area contributed by atoms with Crippen LogP contribution in [-0.2, 0) is 4.79 Å². The van der Waals surface area contributed by atoms with E-state index in [0.29, 0.717) is 6.42 Å². The van der Waals surface area contributed by atoms with Crippen molar-refractivity contribution in [1.82, 2.24) is 5.32 Å². The van der Waals surface area contributed by atoms with Gasteiger partial charge in [-0.15, -0.1) is 0 Å². The number of carbonyl (C=O) groups is 1. The normalized spacial score (nSPS) is 26.7. The maximum Gasteiger partial charge on any atom is 0.207 e. The summed E-state index contributed by atoms with van der Waals surface area (Å²) in [5, 5.41) is 32.0. The summed E-state index contributed by atoms with van der Waals surface area (Å²) in [6.45, 7) is 2.15. The molecule has 0 bridgehead atoms. The number of hydrogen-bond donors (Lipinski definition) is 3. The summed E-state index contributed by atoms with van der Waals surface area (Å²) in [7, 11) is 0. The molecule has 0 aromatic rings. The Labute approximate surface area is 158 Å². The fourth-order valence-corrected chi connectivity index (χ4v) is 4.23.